The van der Waals surface area contributed by atoms with Gasteiger partial charge in [0.1, 0.15) is 6.10 Å². The monoisotopic (exact) mass is 417 g/mol. The van der Waals surface area contributed by atoms with Crippen LogP contribution in [0.2, 0.25) is 0 Å². The largest absolute Gasteiger partial charge is 0.453 e. The fourth-order valence-electron chi connectivity index (χ4n) is 4.47. The Morgan fingerprint density at radius 3 is 2.86 bits per heavy atom. The van der Waals surface area contributed by atoms with Crippen molar-refractivity contribution in [3.63, 3.8) is 0 Å². The lowest BCUT2D eigenvalue weighted by molar-refractivity contribution is -0.242. The lowest BCUT2D eigenvalue weighted by Crippen LogP contribution is -2.81. The van der Waals surface area contributed by atoms with Gasteiger partial charge < -0.3 is 15.2 Å². The van der Waals surface area contributed by atoms with E-state index in [1.165, 1.54) is 0 Å². The van der Waals surface area contributed by atoms with E-state index in [4.69, 9.17) is 4.74 Å². The van der Waals surface area contributed by atoms with E-state index in [1.807, 2.05) is 13.8 Å². The van der Waals surface area contributed by atoms with Gasteiger partial charge in [0, 0.05) is 21.5 Å². The van der Waals surface area contributed by atoms with Crippen LogP contribution in [0.25, 0.3) is 0 Å². The second-order valence-electron chi connectivity index (χ2n) is 7.19. The van der Waals surface area contributed by atoms with Crippen LogP contribution in [0, 0.1) is 11.3 Å². The predicted molar refractivity (Wildman–Crippen MR) is 93.6 cm³/mol. The third-order valence-corrected chi connectivity index (χ3v) is 6.49. The number of rotatable bonds is 4. The van der Waals surface area contributed by atoms with E-state index in [0.29, 0.717) is 0 Å². The van der Waals surface area contributed by atoms with Gasteiger partial charge in [-0.3, -0.25) is 0 Å². The van der Waals surface area contributed by atoms with Crippen LogP contribution in [-0.2, 0) is 9.53 Å². The van der Waals surface area contributed by atoms with Crippen molar-refractivity contribution in [2.45, 2.75) is 56.8 Å². The van der Waals surface area contributed by atoms with Gasteiger partial charge in [0.05, 0.1) is 0 Å². The van der Waals surface area contributed by atoms with Gasteiger partial charge in [-0.05, 0) is 32.6 Å². The summed E-state index contributed by atoms with van der Waals surface area (Å²) >= 11 is 2.33. The van der Waals surface area contributed by atoms with Crippen molar-refractivity contribution in [3.8, 4) is 0 Å². The van der Waals surface area contributed by atoms with Crippen molar-refractivity contribution < 1.29 is 14.6 Å². The van der Waals surface area contributed by atoms with Crippen molar-refractivity contribution in [2.24, 2.45) is 11.3 Å². The molecule has 22 heavy (non-hydrogen) atoms. The highest BCUT2D eigenvalue weighted by molar-refractivity contribution is 14.1. The van der Waals surface area contributed by atoms with E-state index in [-0.39, 0.29) is 11.9 Å². The molecule has 0 spiro atoms. The second kappa shape index (κ2) is 5.23. The molecule has 0 aromatic rings. The molecule has 5 heteroatoms. The predicted octanol–water partition coefficient (Wildman–Crippen LogP) is 2.71. The zero-order valence-electron chi connectivity index (χ0n) is 13.2. The fourth-order valence-corrected chi connectivity index (χ4v) is 5.10. The fraction of sp³-hybridized carbons (Fsp3) is 0.706. The van der Waals surface area contributed by atoms with E-state index in [1.54, 1.807) is 0 Å². The Kier molecular flexibility index (Phi) is 3.87. The Morgan fingerprint density at radius 2 is 2.32 bits per heavy atom. The van der Waals surface area contributed by atoms with Gasteiger partial charge >= 0.3 is 5.97 Å². The molecule has 1 aliphatic carbocycles. The first-order chi connectivity index (χ1) is 10.3. The van der Waals surface area contributed by atoms with Crippen LogP contribution in [-0.4, -0.2) is 32.7 Å². The summed E-state index contributed by atoms with van der Waals surface area (Å²) in [5.41, 5.74) is -1.37. The van der Waals surface area contributed by atoms with Crippen LogP contribution in [0.1, 0.15) is 39.5 Å². The van der Waals surface area contributed by atoms with Gasteiger partial charge in [-0.15, -0.1) is 0 Å². The molecule has 0 radical (unpaired) electrons. The minimum Gasteiger partial charge on any atom is -0.453 e. The normalized spacial score (nSPS) is 44.8. The molecular weight excluding hydrogens is 393 g/mol. The molecule has 0 amide bonds. The number of nitrogens with one attached hydrogen (secondary N) is 1. The third kappa shape index (κ3) is 1.87. The molecule has 0 aromatic carbocycles. The molecule has 4 nitrogen and oxygen atoms in total. The molecule has 2 aliphatic heterocycles. The average Bonchev–Trinajstić information content (AvgIpc) is 2.65. The Bertz CT molecular complexity index is 548. The standard InChI is InChI=1S/C17H24INO3/c1-11-12(7-10-18)16(3)17(19-11,14(21)22-16)13(20)15(2)8-5-4-6-9-15/h5,8,12-13,19-20H,1,4,6-7,9-10H2,2-3H3/t12-,13-,15?,16-,17-/m0/s1. The highest BCUT2D eigenvalue weighted by Gasteiger charge is 2.78. The van der Waals surface area contributed by atoms with Crippen molar-refractivity contribution >= 4 is 28.6 Å². The number of hydrogen-bond donors (Lipinski definition) is 2. The molecule has 3 rings (SSSR count). The van der Waals surface area contributed by atoms with Gasteiger partial charge in [-0.1, -0.05) is 48.2 Å². The maximum Gasteiger partial charge on any atom is 0.339 e. The molecule has 2 fully saturated rings. The smallest absolute Gasteiger partial charge is 0.339 e. The summed E-state index contributed by atoms with van der Waals surface area (Å²) in [6.45, 7) is 8.07. The van der Waals surface area contributed by atoms with E-state index >= 15 is 0 Å². The molecular formula is C17H24INO3. The molecule has 0 bridgehead atoms. The van der Waals surface area contributed by atoms with Crippen molar-refractivity contribution in [1.82, 2.24) is 5.32 Å². The van der Waals surface area contributed by atoms with Crippen LogP contribution in [0.15, 0.2) is 24.4 Å². The summed E-state index contributed by atoms with van der Waals surface area (Å²) in [6.07, 6.45) is 7.18. The lowest BCUT2D eigenvalue weighted by Gasteiger charge is -2.57. The Balaban J connectivity index is 2.00. The number of alkyl halides is 1. The summed E-state index contributed by atoms with van der Waals surface area (Å²) < 4.78 is 6.55. The number of aliphatic hydroxyl groups is 1. The molecule has 3 aliphatic rings. The highest BCUT2D eigenvalue weighted by atomic mass is 127. The molecule has 1 unspecified atom stereocenters. The zero-order chi connectivity index (χ0) is 16.2. The number of aliphatic hydroxyl groups excluding tert-OH is 1. The van der Waals surface area contributed by atoms with Gasteiger partial charge in [0.15, 0.2) is 5.60 Å². The zero-order valence-corrected chi connectivity index (χ0v) is 15.4. The van der Waals surface area contributed by atoms with E-state index in [0.717, 1.165) is 35.8 Å². The van der Waals surface area contributed by atoms with Crippen LogP contribution in [0.3, 0.4) is 0 Å². The summed E-state index contributed by atoms with van der Waals surface area (Å²) in [5.74, 6) is -0.298. The molecule has 2 saturated heterocycles. The van der Waals surface area contributed by atoms with Crippen molar-refractivity contribution in [3.05, 3.63) is 24.4 Å². The molecule has 0 saturated carbocycles. The Labute approximate surface area is 145 Å². The topological polar surface area (TPSA) is 58.6 Å². The quantitative estimate of drug-likeness (QED) is 0.320. The molecule has 2 N–H and O–H groups in total. The first-order valence-corrected chi connectivity index (χ1v) is 9.46. The first kappa shape index (κ1) is 16.3. The number of ether oxygens (including phenoxy) is 1. The number of fused-ring (bicyclic) bond motifs is 1. The van der Waals surface area contributed by atoms with Crippen LogP contribution >= 0.6 is 22.6 Å². The summed E-state index contributed by atoms with van der Waals surface area (Å²) in [6, 6.07) is 0. The number of hydrogen-bond acceptors (Lipinski definition) is 4. The number of allylic oxidation sites excluding steroid dienone is 1. The SMILES string of the molecule is C=C1N[C@@]2([C@@H](O)C3(C)C=CCCC3)C(=O)O[C@@]2(C)[C@H]1CCI. The van der Waals surface area contributed by atoms with Gasteiger partial charge in [-0.25, -0.2) is 4.79 Å². The summed E-state index contributed by atoms with van der Waals surface area (Å²) in [7, 11) is 0. The van der Waals surface area contributed by atoms with Gasteiger partial charge in [0.2, 0.25) is 5.54 Å². The van der Waals surface area contributed by atoms with Crippen LogP contribution in [0.4, 0.5) is 0 Å². The van der Waals surface area contributed by atoms with E-state index in [2.05, 4.69) is 46.6 Å². The maximum atomic E-state index is 12.4. The summed E-state index contributed by atoms with van der Waals surface area (Å²) in [4.78, 5) is 12.4. The van der Waals surface area contributed by atoms with Crippen LogP contribution < -0.4 is 5.32 Å². The number of carbonyl (C=O) groups is 1. The van der Waals surface area contributed by atoms with Gasteiger partial charge in [0.25, 0.3) is 0 Å². The second-order valence-corrected chi connectivity index (χ2v) is 8.27. The molecule has 0 aromatic heterocycles. The van der Waals surface area contributed by atoms with E-state index in [9.17, 15) is 9.90 Å². The lowest BCUT2D eigenvalue weighted by atomic mass is 9.60. The van der Waals surface area contributed by atoms with Crippen molar-refractivity contribution in [2.75, 3.05) is 4.43 Å². The molecule has 122 valence electrons. The summed E-state index contributed by atoms with van der Waals surface area (Å²) in [5, 5.41) is 14.5. The van der Waals surface area contributed by atoms with Crippen LogP contribution in [0.5, 0.6) is 0 Å². The molecule has 5 atom stereocenters. The third-order valence-electron chi connectivity index (χ3n) is 5.87. The minimum atomic E-state index is -1.06. The van der Waals surface area contributed by atoms with E-state index < -0.39 is 22.7 Å². The average molecular weight is 417 g/mol. The minimum absolute atomic E-state index is 0.0490. The first-order valence-electron chi connectivity index (χ1n) is 7.94. The number of esters is 1. The molecule has 2 heterocycles. The Hall–Kier alpha value is -0.560. The maximum absolute atomic E-state index is 12.4. The van der Waals surface area contributed by atoms with Crippen molar-refractivity contribution in [1.29, 1.82) is 0 Å². The number of halogens is 1. The highest BCUT2D eigenvalue weighted by Crippen LogP contribution is 2.57. The van der Waals surface area contributed by atoms with Gasteiger partial charge in [-0.2, -0.15) is 0 Å². The Morgan fingerprint density at radius 1 is 1.59 bits per heavy atom. The number of carbonyl (C=O) groups excluding carboxylic acids is 1.